The lowest BCUT2D eigenvalue weighted by molar-refractivity contribution is 0.425. The lowest BCUT2D eigenvalue weighted by Gasteiger charge is -2.07. The van der Waals surface area contributed by atoms with Crippen molar-refractivity contribution in [1.29, 1.82) is 0 Å². The second-order valence-electron chi connectivity index (χ2n) is 3.65. The molecular weight excluding hydrogens is 241 g/mol. The third-order valence-electron chi connectivity index (χ3n) is 2.25. The number of hydrogen-bond acceptors (Lipinski definition) is 3. The fraction of sp³-hybridized carbons (Fsp3) is 0. The average molecular weight is 250 g/mol. The summed E-state index contributed by atoms with van der Waals surface area (Å²) in [5, 5.41) is 17.8. The molecule has 0 bridgehead atoms. The van der Waals surface area contributed by atoms with E-state index >= 15 is 0 Å². The summed E-state index contributed by atoms with van der Waals surface area (Å²) in [5.74, 6) is -1.09. The van der Waals surface area contributed by atoms with Gasteiger partial charge in [0.15, 0.2) is 0 Å². The van der Waals surface area contributed by atoms with Gasteiger partial charge in [-0.2, -0.15) is 0 Å². The lowest BCUT2D eigenvalue weighted by atomic mass is 9.80. The fourth-order valence-electron chi connectivity index (χ4n) is 1.43. The molecule has 0 saturated carbocycles. The molecule has 0 aliphatic carbocycles. The molecule has 0 atom stereocenters. The Bertz CT molecular complexity index is 523. The van der Waals surface area contributed by atoms with Crippen LogP contribution in [0.15, 0.2) is 42.5 Å². The van der Waals surface area contributed by atoms with Gasteiger partial charge in [0, 0.05) is 18.2 Å². The first-order chi connectivity index (χ1) is 8.54. The molecule has 2 aromatic carbocycles. The highest BCUT2D eigenvalue weighted by atomic mass is 19.1. The first kappa shape index (κ1) is 12.5. The SMILES string of the molecule is OB(O)c1ccc(Oc2cc(F)cc(F)c2)cc1. The van der Waals surface area contributed by atoms with Gasteiger partial charge in [-0.05, 0) is 17.6 Å². The van der Waals surface area contributed by atoms with Crippen molar-refractivity contribution in [3.05, 3.63) is 54.1 Å². The Morgan fingerprint density at radius 1 is 0.833 bits per heavy atom. The van der Waals surface area contributed by atoms with Crippen molar-refractivity contribution < 1.29 is 23.6 Å². The zero-order valence-corrected chi connectivity index (χ0v) is 9.18. The summed E-state index contributed by atoms with van der Waals surface area (Å²) in [7, 11) is -1.56. The quantitative estimate of drug-likeness (QED) is 0.810. The highest BCUT2D eigenvalue weighted by molar-refractivity contribution is 6.58. The number of halogens is 2. The van der Waals surface area contributed by atoms with E-state index in [1.54, 1.807) is 0 Å². The summed E-state index contributed by atoms with van der Waals surface area (Å²) in [4.78, 5) is 0. The van der Waals surface area contributed by atoms with E-state index < -0.39 is 18.8 Å². The Morgan fingerprint density at radius 3 is 1.89 bits per heavy atom. The average Bonchev–Trinajstić information content (AvgIpc) is 2.28. The summed E-state index contributed by atoms with van der Waals surface area (Å²) < 4.78 is 31.1. The standard InChI is InChI=1S/C12H9BF2O3/c14-9-5-10(15)7-12(6-9)18-11-3-1-8(2-4-11)13(16)17/h1-7,16-17H. The van der Waals surface area contributed by atoms with Gasteiger partial charge in [0.2, 0.25) is 0 Å². The number of ether oxygens (including phenoxy) is 1. The Kier molecular flexibility index (Phi) is 3.59. The van der Waals surface area contributed by atoms with Crippen LogP contribution in [-0.2, 0) is 0 Å². The molecular formula is C12H9BF2O3. The van der Waals surface area contributed by atoms with Crippen LogP contribution >= 0.6 is 0 Å². The van der Waals surface area contributed by atoms with Crippen molar-refractivity contribution >= 4 is 12.6 Å². The molecule has 2 N–H and O–H groups in total. The monoisotopic (exact) mass is 250 g/mol. The second kappa shape index (κ2) is 5.16. The molecule has 0 unspecified atom stereocenters. The molecule has 2 aromatic rings. The molecule has 0 amide bonds. The molecule has 0 saturated heterocycles. The van der Waals surface area contributed by atoms with Gasteiger partial charge in [-0.15, -0.1) is 0 Å². The van der Waals surface area contributed by atoms with Crippen LogP contribution in [0, 0.1) is 11.6 Å². The molecule has 92 valence electrons. The van der Waals surface area contributed by atoms with Crippen molar-refractivity contribution in [2.75, 3.05) is 0 Å². The summed E-state index contributed by atoms with van der Waals surface area (Å²) in [6.45, 7) is 0. The minimum Gasteiger partial charge on any atom is -0.457 e. The topological polar surface area (TPSA) is 49.7 Å². The first-order valence-electron chi connectivity index (χ1n) is 5.14. The Morgan fingerprint density at radius 2 is 1.39 bits per heavy atom. The molecule has 0 heterocycles. The molecule has 6 heteroatoms. The minimum atomic E-state index is -1.56. The van der Waals surface area contributed by atoms with Gasteiger partial charge in [-0.25, -0.2) is 8.78 Å². The van der Waals surface area contributed by atoms with Crippen LogP contribution < -0.4 is 10.2 Å². The van der Waals surface area contributed by atoms with Crippen LogP contribution in [0.2, 0.25) is 0 Å². The Balaban J connectivity index is 2.18. The predicted octanol–water partition coefficient (Wildman–Crippen LogP) is 1.44. The first-order valence-corrected chi connectivity index (χ1v) is 5.14. The van der Waals surface area contributed by atoms with E-state index in [0.29, 0.717) is 11.2 Å². The molecule has 3 nitrogen and oxygen atoms in total. The van der Waals surface area contributed by atoms with Crippen molar-refractivity contribution in [2.45, 2.75) is 0 Å². The summed E-state index contributed by atoms with van der Waals surface area (Å²) >= 11 is 0. The van der Waals surface area contributed by atoms with E-state index in [0.717, 1.165) is 18.2 Å². The smallest absolute Gasteiger partial charge is 0.457 e. The third-order valence-corrected chi connectivity index (χ3v) is 2.25. The molecule has 18 heavy (non-hydrogen) atoms. The van der Waals surface area contributed by atoms with Gasteiger partial charge in [0.1, 0.15) is 23.1 Å². The summed E-state index contributed by atoms with van der Waals surface area (Å²) in [6, 6.07) is 8.67. The van der Waals surface area contributed by atoms with Crippen LogP contribution in [0.1, 0.15) is 0 Å². The van der Waals surface area contributed by atoms with Gasteiger partial charge in [-0.1, -0.05) is 12.1 Å². The van der Waals surface area contributed by atoms with Gasteiger partial charge < -0.3 is 14.8 Å². The van der Waals surface area contributed by atoms with Crippen molar-refractivity contribution in [3.63, 3.8) is 0 Å². The highest BCUT2D eigenvalue weighted by Gasteiger charge is 2.10. The molecule has 0 aromatic heterocycles. The van der Waals surface area contributed by atoms with Crippen LogP contribution in [0.4, 0.5) is 8.78 Å². The third kappa shape index (κ3) is 3.06. The summed E-state index contributed by atoms with van der Waals surface area (Å²) in [5.41, 5.74) is 0.299. The predicted molar refractivity (Wildman–Crippen MR) is 62.7 cm³/mol. The van der Waals surface area contributed by atoms with Crippen molar-refractivity contribution in [2.24, 2.45) is 0 Å². The van der Waals surface area contributed by atoms with E-state index in [9.17, 15) is 8.78 Å². The van der Waals surface area contributed by atoms with E-state index in [1.165, 1.54) is 24.3 Å². The lowest BCUT2D eigenvalue weighted by Crippen LogP contribution is -2.29. The van der Waals surface area contributed by atoms with Gasteiger partial charge in [0.25, 0.3) is 0 Å². The largest absolute Gasteiger partial charge is 0.488 e. The normalized spacial score (nSPS) is 10.2. The van der Waals surface area contributed by atoms with E-state index in [4.69, 9.17) is 14.8 Å². The van der Waals surface area contributed by atoms with Crippen molar-refractivity contribution in [1.82, 2.24) is 0 Å². The minimum absolute atomic E-state index is 0.0322. The molecule has 2 rings (SSSR count). The van der Waals surface area contributed by atoms with Crippen LogP contribution in [0.25, 0.3) is 0 Å². The van der Waals surface area contributed by atoms with Crippen molar-refractivity contribution in [3.8, 4) is 11.5 Å². The maximum absolute atomic E-state index is 12.9. The molecule has 0 spiro atoms. The molecule has 0 aliphatic heterocycles. The van der Waals surface area contributed by atoms with Crippen LogP contribution in [0.3, 0.4) is 0 Å². The van der Waals surface area contributed by atoms with E-state index in [1.807, 2.05) is 0 Å². The maximum Gasteiger partial charge on any atom is 0.488 e. The molecule has 0 radical (unpaired) electrons. The second-order valence-corrected chi connectivity index (χ2v) is 3.65. The Labute approximate surface area is 102 Å². The maximum atomic E-state index is 12.9. The van der Waals surface area contributed by atoms with Crippen LogP contribution in [-0.4, -0.2) is 17.2 Å². The zero-order valence-electron chi connectivity index (χ0n) is 9.18. The zero-order chi connectivity index (χ0) is 13.1. The number of rotatable bonds is 3. The number of benzene rings is 2. The molecule has 0 aliphatic rings. The van der Waals surface area contributed by atoms with Crippen LogP contribution in [0.5, 0.6) is 11.5 Å². The molecule has 0 fully saturated rings. The van der Waals surface area contributed by atoms with Gasteiger partial charge in [-0.3, -0.25) is 0 Å². The van der Waals surface area contributed by atoms with E-state index in [-0.39, 0.29) is 5.75 Å². The van der Waals surface area contributed by atoms with Gasteiger partial charge in [0.05, 0.1) is 0 Å². The van der Waals surface area contributed by atoms with E-state index in [2.05, 4.69) is 0 Å². The summed E-state index contributed by atoms with van der Waals surface area (Å²) in [6.07, 6.45) is 0. The highest BCUT2D eigenvalue weighted by Crippen LogP contribution is 2.22. The Hall–Kier alpha value is -1.92. The number of hydrogen-bond donors (Lipinski definition) is 2. The van der Waals surface area contributed by atoms with Gasteiger partial charge >= 0.3 is 7.12 Å². The fourth-order valence-corrected chi connectivity index (χ4v) is 1.43.